The maximum absolute atomic E-state index is 12.2. The van der Waals surface area contributed by atoms with Crippen molar-refractivity contribution >= 4 is 17.1 Å². The Morgan fingerprint density at radius 3 is 3.00 bits per heavy atom. The van der Waals surface area contributed by atoms with E-state index in [1.54, 1.807) is 11.3 Å². The molecule has 2 atom stereocenters. The van der Waals surface area contributed by atoms with Gasteiger partial charge in [-0.3, -0.25) is 9.69 Å². The number of hydrogen-bond acceptors (Lipinski definition) is 4. The van der Waals surface area contributed by atoms with Crippen molar-refractivity contribution in [2.45, 2.75) is 57.9 Å². The molecule has 4 heteroatoms. The number of rotatable bonds is 4. The van der Waals surface area contributed by atoms with E-state index in [0.717, 1.165) is 32.2 Å². The van der Waals surface area contributed by atoms with Gasteiger partial charge in [0.1, 0.15) is 5.78 Å². The summed E-state index contributed by atoms with van der Waals surface area (Å²) in [5.41, 5.74) is 3.12. The fourth-order valence-electron chi connectivity index (χ4n) is 3.81. The lowest BCUT2D eigenvalue weighted by molar-refractivity contribution is -0.126. The number of carbonyl (C=O) groups excluding carboxylic acids is 1. The van der Waals surface area contributed by atoms with Gasteiger partial charge in [0.05, 0.1) is 11.2 Å². The molecule has 1 saturated heterocycles. The number of aryl methyl sites for hydroxylation is 1. The number of hydrogen-bond donors (Lipinski definition) is 0. The molecule has 0 N–H and O–H groups in total. The second-order valence-electron chi connectivity index (χ2n) is 6.18. The second-order valence-corrected chi connectivity index (χ2v) is 7.11. The first-order chi connectivity index (χ1) is 9.75. The molecule has 2 heterocycles. The molecule has 1 aromatic heterocycles. The van der Waals surface area contributed by atoms with Gasteiger partial charge in [-0.1, -0.05) is 6.42 Å². The molecule has 0 radical (unpaired) electrons. The smallest absolute Gasteiger partial charge is 0.137 e. The molecule has 2 aliphatic rings. The van der Waals surface area contributed by atoms with Crippen molar-refractivity contribution in [1.29, 1.82) is 0 Å². The molecule has 0 bridgehead atoms. The fraction of sp³-hybridized carbons (Fsp3) is 0.750. The molecule has 110 valence electrons. The van der Waals surface area contributed by atoms with Crippen LogP contribution in [-0.2, 0) is 11.2 Å². The van der Waals surface area contributed by atoms with E-state index in [2.05, 4.69) is 16.8 Å². The van der Waals surface area contributed by atoms with Gasteiger partial charge in [0.2, 0.25) is 0 Å². The minimum absolute atomic E-state index is 0.328. The van der Waals surface area contributed by atoms with Gasteiger partial charge in [0.25, 0.3) is 0 Å². The number of ketones is 1. The number of Topliss-reactive ketones (excluding diaryl/α,β-unsaturated/α-hetero) is 1. The molecule has 1 aromatic rings. The first-order valence-corrected chi connectivity index (χ1v) is 8.79. The average Bonchev–Trinajstić information content (AvgIpc) is 3.06. The van der Waals surface area contributed by atoms with Gasteiger partial charge in [-0.05, 0) is 45.6 Å². The van der Waals surface area contributed by atoms with Crippen LogP contribution in [0.1, 0.15) is 49.1 Å². The van der Waals surface area contributed by atoms with E-state index in [1.807, 2.05) is 5.51 Å². The Labute approximate surface area is 125 Å². The summed E-state index contributed by atoms with van der Waals surface area (Å²) in [4.78, 5) is 20.5. The van der Waals surface area contributed by atoms with Crippen LogP contribution in [-0.4, -0.2) is 34.8 Å². The van der Waals surface area contributed by atoms with Crippen molar-refractivity contribution in [1.82, 2.24) is 9.88 Å². The van der Waals surface area contributed by atoms with Crippen LogP contribution in [0, 0.1) is 12.8 Å². The van der Waals surface area contributed by atoms with E-state index >= 15 is 0 Å². The SMILES string of the molecule is Cc1ncsc1CCN1CCCC1C1CCCCC1=O. The summed E-state index contributed by atoms with van der Waals surface area (Å²) in [6.07, 6.45) is 7.88. The Kier molecular flexibility index (Phi) is 4.51. The lowest BCUT2D eigenvalue weighted by atomic mass is 9.82. The van der Waals surface area contributed by atoms with E-state index in [1.165, 1.54) is 36.4 Å². The third-order valence-electron chi connectivity index (χ3n) is 4.95. The number of carbonyl (C=O) groups is 1. The zero-order chi connectivity index (χ0) is 13.9. The Morgan fingerprint density at radius 2 is 2.25 bits per heavy atom. The molecule has 1 aliphatic carbocycles. The second kappa shape index (κ2) is 6.35. The number of aromatic nitrogens is 1. The summed E-state index contributed by atoms with van der Waals surface area (Å²) in [7, 11) is 0. The summed E-state index contributed by atoms with van der Waals surface area (Å²) < 4.78 is 0. The maximum Gasteiger partial charge on any atom is 0.137 e. The van der Waals surface area contributed by atoms with Crippen LogP contribution >= 0.6 is 11.3 Å². The minimum atomic E-state index is 0.328. The quantitative estimate of drug-likeness (QED) is 0.854. The minimum Gasteiger partial charge on any atom is -0.299 e. The predicted octanol–water partition coefficient (Wildman–Crippen LogP) is 3.22. The van der Waals surface area contributed by atoms with Gasteiger partial charge in [0.15, 0.2) is 0 Å². The Hall–Kier alpha value is -0.740. The third-order valence-corrected chi connectivity index (χ3v) is 5.95. The molecule has 0 amide bonds. The predicted molar refractivity (Wildman–Crippen MR) is 82.1 cm³/mol. The highest BCUT2D eigenvalue weighted by Crippen LogP contribution is 2.32. The molecular weight excluding hydrogens is 268 g/mol. The van der Waals surface area contributed by atoms with Crippen molar-refractivity contribution in [3.8, 4) is 0 Å². The van der Waals surface area contributed by atoms with Gasteiger partial charge in [0, 0.05) is 29.8 Å². The molecule has 3 rings (SSSR count). The Bertz CT molecular complexity index is 471. The van der Waals surface area contributed by atoms with Crippen LogP contribution in [0.25, 0.3) is 0 Å². The molecule has 20 heavy (non-hydrogen) atoms. The number of nitrogens with zero attached hydrogens (tertiary/aromatic N) is 2. The summed E-state index contributed by atoms with van der Waals surface area (Å²) in [6.45, 7) is 4.36. The highest BCUT2D eigenvalue weighted by molar-refractivity contribution is 7.09. The monoisotopic (exact) mass is 292 g/mol. The zero-order valence-electron chi connectivity index (χ0n) is 12.3. The van der Waals surface area contributed by atoms with Gasteiger partial charge in [-0.2, -0.15) is 0 Å². The van der Waals surface area contributed by atoms with E-state index in [4.69, 9.17) is 0 Å². The van der Waals surface area contributed by atoms with Crippen LogP contribution in [0.3, 0.4) is 0 Å². The molecular formula is C16H24N2OS. The zero-order valence-corrected chi connectivity index (χ0v) is 13.1. The molecule has 2 fully saturated rings. The summed E-state index contributed by atoms with van der Waals surface area (Å²) in [6, 6.07) is 0.524. The van der Waals surface area contributed by atoms with Crippen molar-refractivity contribution in [2.75, 3.05) is 13.1 Å². The van der Waals surface area contributed by atoms with E-state index < -0.39 is 0 Å². The van der Waals surface area contributed by atoms with Gasteiger partial charge < -0.3 is 0 Å². The number of thiazole rings is 1. The van der Waals surface area contributed by atoms with Crippen molar-refractivity contribution in [2.24, 2.45) is 5.92 Å². The lowest BCUT2D eigenvalue weighted by Crippen LogP contribution is -2.41. The maximum atomic E-state index is 12.2. The lowest BCUT2D eigenvalue weighted by Gasteiger charge is -2.33. The molecule has 0 spiro atoms. The molecule has 3 nitrogen and oxygen atoms in total. The van der Waals surface area contributed by atoms with E-state index in [0.29, 0.717) is 17.7 Å². The number of likely N-dealkylation sites (tertiary alicyclic amines) is 1. The van der Waals surface area contributed by atoms with Crippen molar-refractivity contribution in [3.05, 3.63) is 16.1 Å². The van der Waals surface area contributed by atoms with Crippen LogP contribution in [0.2, 0.25) is 0 Å². The van der Waals surface area contributed by atoms with Crippen LogP contribution < -0.4 is 0 Å². The fourth-order valence-corrected chi connectivity index (χ4v) is 4.58. The van der Waals surface area contributed by atoms with Crippen molar-refractivity contribution in [3.63, 3.8) is 0 Å². The average molecular weight is 292 g/mol. The normalized spacial score (nSPS) is 28.1. The van der Waals surface area contributed by atoms with Crippen LogP contribution in [0.5, 0.6) is 0 Å². The van der Waals surface area contributed by atoms with E-state index in [9.17, 15) is 4.79 Å². The van der Waals surface area contributed by atoms with Gasteiger partial charge >= 0.3 is 0 Å². The standard InChI is InChI=1S/C16H24N2OS/c1-12-16(20-11-17-12)8-10-18-9-4-6-14(18)13-5-2-3-7-15(13)19/h11,13-14H,2-10H2,1H3. The van der Waals surface area contributed by atoms with Crippen LogP contribution in [0.4, 0.5) is 0 Å². The van der Waals surface area contributed by atoms with Gasteiger partial charge in [-0.15, -0.1) is 11.3 Å². The first kappa shape index (κ1) is 14.2. The summed E-state index contributed by atoms with van der Waals surface area (Å²) in [5, 5.41) is 0. The van der Waals surface area contributed by atoms with Gasteiger partial charge in [-0.25, -0.2) is 4.98 Å². The summed E-state index contributed by atoms with van der Waals surface area (Å²) >= 11 is 1.77. The Balaban J connectivity index is 1.60. The molecule has 0 aromatic carbocycles. The molecule has 2 unspecified atom stereocenters. The highest BCUT2D eigenvalue weighted by atomic mass is 32.1. The largest absolute Gasteiger partial charge is 0.299 e. The topological polar surface area (TPSA) is 33.2 Å². The Morgan fingerprint density at radius 1 is 1.35 bits per heavy atom. The molecule has 1 saturated carbocycles. The van der Waals surface area contributed by atoms with Crippen LogP contribution in [0.15, 0.2) is 5.51 Å². The molecule has 1 aliphatic heterocycles. The third kappa shape index (κ3) is 2.96. The summed E-state index contributed by atoms with van der Waals surface area (Å²) in [5.74, 6) is 0.857. The van der Waals surface area contributed by atoms with E-state index in [-0.39, 0.29) is 0 Å². The first-order valence-electron chi connectivity index (χ1n) is 7.91. The van der Waals surface area contributed by atoms with Crippen molar-refractivity contribution < 1.29 is 4.79 Å². The highest BCUT2D eigenvalue weighted by Gasteiger charge is 2.36.